The molecule has 1 atom stereocenters. The normalized spacial score (nSPS) is 12.2. The van der Waals surface area contributed by atoms with Crippen molar-refractivity contribution in [2.24, 2.45) is 0 Å². The number of hydrogen-bond acceptors (Lipinski definition) is 3. The third kappa shape index (κ3) is 2.94. The summed E-state index contributed by atoms with van der Waals surface area (Å²) >= 11 is 11.9. The maximum Gasteiger partial charge on any atom is 0.328 e. The fourth-order valence-electron chi connectivity index (χ4n) is 2.07. The standard InChI is InChI=1S/C14H12Cl2N2O3/c1-7(10-4-3-9(15)5-12(10)16)18-13(20)11(8(2)19)6-17-14(18)21/h3-7H,1-2H3,(H,17,21). The Balaban J connectivity index is 2.66. The van der Waals surface area contributed by atoms with E-state index in [-0.39, 0.29) is 5.56 Å². The Morgan fingerprint density at radius 1 is 1.29 bits per heavy atom. The van der Waals surface area contributed by atoms with Crippen molar-refractivity contribution in [1.29, 1.82) is 0 Å². The maximum absolute atomic E-state index is 12.3. The van der Waals surface area contributed by atoms with E-state index in [2.05, 4.69) is 4.98 Å². The van der Waals surface area contributed by atoms with Crippen LogP contribution in [-0.4, -0.2) is 15.3 Å². The van der Waals surface area contributed by atoms with Crippen LogP contribution < -0.4 is 11.2 Å². The molecular formula is C14H12Cl2N2O3. The van der Waals surface area contributed by atoms with Gasteiger partial charge in [-0.15, -0.1) is 0 Å². The van der Waals surface area contributed by atoms with Crippen molar-refractivity contribution in [3.8, 4) is 0 Å². The van der Waals surface area contributed by atoms with E-state index in [0.717, 1.165) is 10.8 Å². The quantitative estimate of drug-likeness (QED) is 0.881. The molecule has 7 heteroatoms. The Bertz CT molecular complexity index is 824. The number of Topliss-reactive ketones (excluding diaryl/α,β-unsaturated/α-hetero) is 1. The van der Waals surface area contributed by atoms with Gasteiger partial charge in [-0.3, -0.25) is 14.2 Å². The second kappa shape index (κ2) is 5.87. The maximum atomic E-state index is 12.3. The molecule has 0 spiro atoms. The molecule has 0 amide bonds. The first kappa shape index (κ1) is 15.5. The van der Waals surface area contributed by atoms with Gasteiger partial charge < -0.3 is 4.98 Å². The number of carbonyl (C=O) groups is 1. The van der Waals surface area contributed by atoms with Gasteiger partial charge in [-0.2, -0.15) is 0 Å². The molecule has 0 bridgehead atoms. The SMILES string of the molecule is CC(=O)c1c[nH]c(=O)n(C(C)c2ccc(Cl)cc2Cl)c1=O. The summed E-state index contributed by atoms with van der Waals surface area (Å²) in [5.74, 6) is -0.417. The van der Waals surface area contributed by atoms with Crippen molar-refractivity contribution < 1.29 is 4.79 Å². The minimum atomic E-state index is -0.648. The Hall–Kier alpha value is -1.85. The molecule has 0 aliphatic carbocycles. The Labute approximate surface area is 130 Å². The van der Waals surface area contributed by atoms with Crippen LogP contribution in [0.15, 0.2) is 34.0 Å². The number of hydrogen-bond donors (Lipinski definition) is 1. The van der Waals surface area contributed by atoms with Crippen molar-refractivity contribution in [2.75, 3.05) is 0 Å². The fourth-order valence-corrected chi connectivity index (χ4v) is 2.64. The lowest BCUT2D eigenvalue weighted by Gasteiger charge is -2.16. The molecule has 0 aliphatic rings. The van der Waals surface area contributed by atoms with E-state index in [1.165, 1.54) is 13.0 Å². The van der Waals surface area contributed by atoms with E-state index < -0.39 is 23.1 Å². The van der Waals surface area contributed by atoms with Crippen LogP contribution >= 0.6 is 23.2 Å². The molecule has 0 saturated heterocycles. The molecule has 1 N–H and O–H groups in total. The van der Waals surface area contributed by atoms with Gasteiger partial charge in [-0.1, -0.05) is 29.3 Å². The first-order valence-electron chi connectivity index (χ1n) is 6.13. The van der Waals surface area contributed by atoms with E-state index in [1.807, 2.05) is 0 Å². The molecule has 1 aromatic heterocycles. The highest BCUT2D eigenvalue weighted by molar-refractivity contribution is 6.35. The third-order valence-electron chi connectivity index (χ3n) is 3.19. The number of aromatic nitrogens is 2. The summed E-state index contributed by atoms with van der Waals surface area (Å²) in [6.07, 6.45) is 1.12. The van der Waals surface area contributed by atoms with E-state index in [4.69, 9.17) is 23.2 Å². The number of benzene rings is 1. The summed E-state index contributed by atoms with van der Waals surface area (Å²) in [6, 6.07) is 4.16. The average molecular weight is 327 g/mol. The number of H-pyrrole nitrogens is 1. The van der Waals surface area contributed by atoms with Crippen LogP contribution in [0.5, 0.6) is 0 Å². The van der Waals surface area contributed by atoms with Crippen molar-refractivity contribution in [3.63, 3.8) is 0 Å². The second-order valence-electron chi connectivity index (χ2n) is 4.58. The lowest BCUT2D eigenvalue weighted by atomic mass is 10.1. The third-order valence-corrected chi connectivity index (χ3v) is 3.75. The molecule has 2 rings (SSSR count). The van der Waals surface area contributed by atoms with Gasteiger partial charge in [0, 0.05) is 16.2 Å². The van der Waals surface area contributed by atoms with Crippen LogP contribution in [0.25, 0.3) is 0 Å². The lowest BCUT2D eigenvalue weighted by molar-refractivity contribution is 0.101. The molecule has 110 valence electrons. The van der Waals surface area contributed by atoms with Crippen molar-refractivity contribution >= 4 is 29.0 Å². The van der Waals surface area contributed by atoms with E-state index >= 15 is 0 Å². The van der Waals surface area contributed by atoms with Crippen LogP contribution in [0.4, 0.5) is 0 Å². The monoisotopic (exact) mass is 326 g/mol. The van der Waals surface area contributed by atoms with Gasteiger partial charge in [0.1, 0.15) is 0 Å². The molecule has 0 fully saturated rings. The van der Waals surface area contributed by atoms with Crippen molar-refractivity contribution in [3.05, 3.63) is 66.4 Å². The highest BCUT2D eigenvalue weighted by atomic mass is 35.5. The number of halogens is 2. The van der Waals surface area contributed by atoms with Crippen LogP contribution in [0.2, 0.25) is 10.0 Å². The number of ketones is 1. The Morgan fingerprint density at radius 3 is 2.52 bits per heavy atom. The molecule has 21 heavy (non-hydrogen) atoms. The summed E-state index contributed by atoms with van der Waals surface area (Å²) < 4.78 is 0.964. The predicted molar refractivity (Wildman–Crippen MR) is 81.6 cm³/mol. The number of nitrogens with one attached hydrogen (secondary N) is 1. The molecular weight excluding hydrogens is 315 g/mol. The van der Waals surface area contributed by atoms with Crippen LogP contribution in [0.1, 0.15) is 35.8 Å². The average Bonchev–Trinajstić information content (AvgIpc) is 2.37. The largest absolute Gasteiger partial charge is 0.328 e. The van der Waals surface area contributed by atoms with Crippen LogP contribution in [0.3, 0.4) is 0 Å². The van der Waals surface area contributed by atoms with Gasteiger partial charge in [-0.05, 0) is 31.5 Å². The summed E-state index contributed by atoms with van der Waals surface area (Å²) in [4.78, 5) is 38.0. The van der Waals surface area contributed by atoms with Crippen molar-refractivity contribution in [2.45, 2.75) is 19.9 Å². The van der Waals surface area contributed by atoms with E-state index in [9.17, 15) is 14.4 Å². The molecule has 0 radical (unpaired) electrons. The van der Waals surface area contributed by atoms with Crippen LogP contribution in [0, 0.1) is 0 Å². The molecule has 5 nitrogen and oxygen atoms in total. The molecule has 0 saturated carbocycles. The Kier molecular flexibility index (Phi) is 4.34. The molecule has 2 aromatic rings. The minimum Gasteiger partial charge on any atom is -0.313 e. The van der Waals surface area contributed by atoms with Gasteiger partial charge in [0.15, 0.2) is 5.78 Å². The van der Waals surface area contributed by atoms with E-state index in [0.29, 0.717) is 15.6 Å². The number of rotatable bonds is 3. The second-order valence-corrected chi connectivity index (χ2v) is 5.42. The first-order chi connectivity index (χ1) is 9.82. The smallest absolute Gasteiger partial charge is 0.313 e. The summed E-state index contributed by atoms with van der Waals surface area (Å²) in [7, 11) is 0. The molecule has 1 heterocycles. The van der Waals surface area contributed by atoms with Crippen LogP contribution in [-0.2, 0) is 0 Å². The number of carbonyl (C=O) groups excluding carboxylic acids is 1. The zero-order valence-corrected chi connectivity index (χ0v) is 12.8. The summed E-state index contributed by atoms with van der Waals surface area (Å²) in [6.45, 7) is 2.91. The van der Waals surface area contributed by atoms with Gasteiger partial charge >= 0.3 is 5.69 Å². The van der Waals surface area contributed by atoms with E-state index in [1.54, 1.807) is 19.1 Å². The molecule has 1 unspecified atom stereocenters. The summed E-state index contributed by atoms with van der Waals surface area (Å²) in [5, 5.41) is 0.796. The van der Waals surface area contributed by atoms with Gasteiger partial charge in [0.25, 0.3) is 5.56 Å². The highest BCUT2D eigenvalue weighted by Gasteiger charge is 2.19. The zero-order chi connectivity index (χ0) is 15.7. The predicted octanol–water partition coefficient (Wildman–Crippen LogP) is 2.66. The lowest BCUT2D eigenvalue weighted by Crippen LogP contribution is -2.39. The molecule has 1 aromatic carbocycles. The summed E-state index contributed by atoms with van der Waals surface area (Å²) in [5.41, 5.74) is -0.769. The fraction of sp³-hybridized carbons (Fsp3) is 0.214. The highest BCUT2D eigenvalue weighted by Crippen LogP contribution is 2.27. The van der Waals surface area contributed by atoms with Gasteiger partial charge in [0.2, 0.25) is 0 Å². The molecule has 0 aliphatic heterocycles. The number of aromatic amines is 1. The number of nitrogens with zero attached hydrogens (tertiary/aromatic N) is 1. The Morgan fingerprint density at radius 2 is 1.95 bits per heavy atom. The van der Waals surface area contributed by atoms with Crippen molar-refractivity contribution in [1.82, 2.24) is 9.55 Å². The topological polar surface area (TPSA) is 71.9 Å². The van der Waals surface area contributed by atoms with Gasteiger partial charge in [-0.25, -0.2) is 4.79 Å². The minimum absolute atomic E-state index is 0.0773. The first-order valence-corrected chi connectivity index (χ1v) is 6.88. The van der Waals surface area contributed by atoms with Gasteiger partial charge in [0.05, 0.1) is 11.6 Å². The zero-order valence-electron chi connectivity index (χ0n) is 11.3.